The number of rotatable bonds is 4. The summed E-state index contributed by atoms with van der Waals surface area (Å²) in [6.45, 7) is 1.67. The van der Waals surface area contributed by atoms with E-state index in [-0.39, 0.29) is 16.4 Å². The Bertz CT molecular complexity index is 1070. The van der Waals surface area contributed by atoms with E-state index < -0.39 is 15.9 Å². The van der Waals surface area contributed by atoms with Crippen molar-refractivity contribution in [3.05, 3.63) is 59.5 Å². The number of hydrogen-bond acceptors (Lipinski definition) is 3. The molecule has 0 saturated heterocycles. The molecule has 3 aromatic rings. The van der Waals surface area contributed by atoms with Crippen LogP contribution in [0.15, 0.2) is 47.4 Å². The summed E-state index contributed by atoms with van der Waals surface area (Å²) in [4.78, 5) is 15.4. The molecule has 1 amide bonds. The van der Waals surface area contributed by atoms with Crippen LogP contribution < -0.4 is 10.0 Å². The smallest absolute Gasteiger partial charge is 0.272 e. The highest BCUT2D eigenvalue weighted by atomic mass is 32.2. The summed E-state index contributed by atoms with van der Waals surface area (Å²) >= 11 is 0. The molecule has 0 fully saturated rings. The zero-order chi connectivity index (χ0) is 18.2. The summed E-state index contributed by atoms with van der Waals surface area (Å²) in [6.07, 6.45) is 0. The van der Waals surface area contributed by atoms with Gasteiger partial charge in [-0.15, -0.1) is 0 Å². The Morgan fingerprint density at radius 3 is 2.60 bits per heavy atom. The van der Waals surface area contributed by atoms with Crippen molar-refractivity contribution in [2.24, 2.45) is 0 Å². The predicted octanol–water partition coefficient (Wildman–Crippen LogP) is 2.78. The molecule has 3 rings (SSSR count). The molecule has 0 spiro atoms. The van der Waals surface area contributed by atoms with Gasteiger partial charge in [-0.05, 0) is 55.9 Å². The highest BCUT2D eigenvalue weighted by Gasteiger charge is 2.16. The van der Waals surface area contributed by atoms with Gasteiger partial charge in [-0.1, -0.05) is 6.07 Å². The quantitative estimate of drug-likeness (QED) is 0.667. The Balaban J connectivity index is 1.91. The maximum atomic E-state index is 13.2. The first-order valence-corrected chi connectivity index (χ1v) is 8.92. The van der Waals surface area contributed by atoms with Crippen LogP contribution in [0.25, 0.3) is 10.9 Å². The topological polar surface area (TPSA) is 91.1 Å². The third-order valence-electron chi connectivity index (χ3n) is 3.83. The number of hydrogen-bond donors (Lipinski definition) is 3. The molecule has 130 valence electrons. The standard InChI is InChI=1S/C17H16FN3O3S/c1-10-3-5-13(9-16(10)25(23,24)19-2)20-17(22)15-8-11-7-12(18)4-6-14(11)21-15/h3-9,19,21H,1-2H3,(H,20,22). The van der Waals surface area contributed by atoms with E-state index in [0.717, 1.165) is 0 Å². The molecule has 0 bridgehead atoms. The minimum absolute atomic E-state index is 0.0894. The summed E-state index contributed by atoms with van der Waals surface area (Å²) in [6, 6.07) is 10.3. The molecule has 1 aromatic heterocycles. The first-order valence-electron chi connectivity index (χ1n) is 7.44. The van der Waals surface area contributed by atoms with E-state index in [1.165, 1.54) is 31.3 Å². The fourth-order valence-corrected chi connectivity index (χ4v) is 3.50. The number of carbonyl (C=O) groups excluding carboxylic acids is 1. The fourth-order valence-electron chi connectivity index (χ4n) is 2.50. The van der Waals surface area contributed by atoms with Crippen LogP contribution in [0.2, 0.25) is 0 Å². The molecule has 2 aromatic carbocycles. The highest BCUT2D eigenvalue weighted by Crippen LogP contribution is 2.21. The number of fused-ring (bicyclic) bond motifs is 1. The number of amides is 1. The minimum Gasteiger partial charge on any atom is -0.351 e. The van der Waals surface area contributed by atoms with Crippen LogP contribution in [-0.2, 0) is 10.0 Å². The van der Waals surface area contributed by atoms with Crippen molar-refractivity contribution in [1.29, 1.82) is 0 Å². The second-order valence-corrected chi connectivity index (χ2v) is 7.41. The van der Waals surface area contributed by atoms with Crippen LogP contribution in [0.4, 0.5) is 10.1 Å². The van der Waals surface area contributed by atoms with E-state index in [1.54, 1.807) is 25.1 Å². The summed E-state index contributed by atoms with van der Waals surface area (Å²) in [5.41, 5.74) is 1.79. The van der Waals surface area contributed by atoms with E-state index in [1.807, 2.05) is 0 Å². The molecular weight excluding hydrogens is 345 g/mol. The zero-order valence-electron chi connectivity index (χ0n) is 13.6. The number of nitrogens with one attached hydrogen (secondary N) is 3. The molecule has 1 heterocycles. The second kappa shape index (κ2) is 6.30. The van der Waals surface area contributed by atoms with Crippen molar-refractivity contribution in [2.75, 3.05) is 12.4 Å². The van der Waals surface area contributed by atoms with Gasteiger partial charge in [0.05, 0.1) is 4.90 Å². The zero-order valence-corrected chi connectivity index (χ0v) is 14.4. The molecule has 0 radical (unpaired) electrons. The van der Waals surface area contributed by atoms with Gasteiger partial charge in [-0.2, -0.15) is 0 Å². The molecule has 0 unspecified atom stereocenters. The number of aromatic nitrogens is 1. The third-order valence-corrected chi connectivity index (χ3v) is 5.39. The van der Waals surface area contributed by atoms with Crippen molar-refractivity contribution < 1.29 is 17.6 Å². The lowest BCUT2D eigenvalue weighted by atomic mass is 10.2. The maximum Gasteiger partial charge on any atom is 0.272 e. The fraction of sp³-hybridized carbons (Fsp3) is 0.118. The van der Waals surface area contributed by atoms with Crippen LogP contribution in [0.5, 0.6) is 0 Å². The minimum atomic E-state index is -3.63. The van der Waals surface area contributed by atoms with Crippen molar-refractivity contribution in [3.8, 4) is 0 Å². The molecule has 6 nitrogen and oxygen atoms in total. The van der Waals surface area contributed by atoms with Crippen LogP contribution in [0.3, 0.4) is 0 Å². The van der Waals surface area contributed by atoms with Gasteiger partial charge < -0.3 is 10.3 Å². The number of H-pyrrole nitrogens is 1. The van der Waals surface area contributed by atoms with E-state index in [4.69, 9.17) is 0 Å². The first-order chi connectivity index (χ1) is 11.8. The lowest BCUT2D eigenvalue weighted by Crippen LogP contribution is -2.20. The van der Waals surface area contributed by atoms with E-state index in [2.05, 4.69) is 15.0 Å². The van der Waals surface area contributed by atoms with Gasteiger partial charge in [-0.3, -0.25) is 4.79 Å². The number of anilines is 1. The van der Waals surface area contributed by atoms with Gasteiger partial charge in [0.1, 0.15) is 11.5 Å². The number of halogens is 1. The van der Waals surface area contributed by atoms with Crippen LogP contribution in [0, 0.1) is 12.7 Å². The maximum absolute atomic E-state index is 13.2. The van der Waals surface area contributed by atoms with Gasteiger partial charge in [0.25, 0.3) is 5.91 Å². The Hall–Kier alpha value is -2.71. The van der Waals surface area contributed by atoms with Gasteiger partial charge in [0.2, 0.25) is 10.0 Å². The summed E-state index contributed by atoms with van der Waals surface area (Å²) in [5.74, 6) is -0.841. The Morgan fingerprint density at radius 1 is 1.12 bits per heavy atom. The van der Waals surface area contributed by atoms with Crippen LogP contribution in [-0.4, -0.2) is 26.4 Å². The van der Waals surface area contributed by atoms with E-state index in [0.29, 0.717) is 22.2 Å². The summed E-state index contributed by atoms with van der Waals surface area (Å²) < 4.78 is 39.5. The van der Waals surface area contributed by atoms with Crippen molar-refractivity contribution >= 4 is 32.5 Å². The number of carbonyl (C=O) groups is 1. The first kappa shape index (κ1) is 17.1. The molecule has 0 saturated carbocycles. The third kappa shape index (κ3) is 3.40. The SMILES string of the molecule is CNS(=O)(=O)c1cc(NC(=O)c2cc3cc(F)ccc3[nH]2)ccc1C. The Kier molecular flexibility index (Phi) is 4.32. The average molecular weight is 361 g/mol. The molecule has 0 aliphatic heterocycles. The lowest BCUT2D eigenvalue weighted by Gasteiger charge is -2.10. The normalized spacial score (nSPS) is 11.6. The van der Waals surface area contributed by atoms with Crippen molar-refractivity contribution in [3.63, 3.8) is 0 Å². The number of benzene rings is 2. The number of aryl methyl sites for hydroxylation is 1. The molecule has 0 aliphatic rings. The number of aromatic amines is 1. The molecule has 0 atom stereocenters. The van der Waals surface area contributed by atoms with Crippen molar-refractivity contribution in [2.45, 2.75) is 11.8 Å². The average Bonchev–Trinajstić information content (AvgIpc) is 2.99. The highest BCUT2D eigenvalue weighted by molar-refractivity contribution is 7.89. The van der Waals surface area contributed by atoms with E-state index >= 15 is 0 Å². The van der Waals surface area contributed by atoms with Gasteiger partial charge in [-0.25, -0.2) is 17.5 Å². The Morgan fingerprint density at radius 2 is 1.88 bits per heavy atom. The molecule has 3 N–H and O–H groups in total. The predicted molar refractivity (Wildman–Crippen MR) is 93.6 cm³/mol. The van der Waals surface area contributed by atoms with Gasteiger partial charge in [0.15, 0.2) is 0 Å². The summed E-state index contributed by atoms with van der Waals surface area (Å²) in [5, 5.41) is 3.22. The van der Waals surface area contributed by atoms with Gasteiger partial charge >= 0.3 is 0 Å². The second-order valence-electron chi connectivity index (χ2n) is 5.56. The summed E-state index contributed by atoms with van der Waals surface area (Å²) in [7, 11) is -2.30. The van der Waals surface area contributed by atoms with Gasteiger partial charge in [0, 0.05) is 16.6 Å². The molecular formula is C17H16FN3O3S. The lowest BCUT2D eigenvalue weighted by molar-refractivity contribution is 0.102. The Labute approximate surface area is 144 Å². The van der Waals surface area contributed by atoms with Crippen LogP contribution >= 0.6 is 0 Å². The number of sulfonamides is 1. The van der Waals surface area contributed by atoms with Crippen molar-refractivity contribution in [1.82, 2.24) is 9.71 Å². The molecule has 0 aliphatic carbocycles. The van der Waals surface area contributed by atoms with Crippen LogP contribution in [0.1, 0.15) is 16.1 Å². The van der Waals surface area contributed by atoms with E-state index in [9.17, 15) is 17.6 Å². The largest absolute Gasteiger partial charge is 0.351 e. The molecule has 8 heteroatoms. The monoisotopic (exact) mass is 361 g/mol. The molecule has 25 heavy (non-hydrogen) atoms.